The Hall–Kier alpha value is -1.52. The van der Waals surface area contributed by atoms with Crippen molar-refractivity contribution in [3.05, 3.63) is 11.8 Å². The van der Waals surface area contributed by atoms with Crippen molar-refractivity contribution in [2.24, 2.45) is 0 Å². The van der Waals surface area contributed by atoms with Gasteiger partial charge in [-0.15, -0.1) is 0 Å². The van der Waals surface area contributed by atoms with Gasteiger partial charge >= 0.3 is 0 Å². The summed E-state index contributed by atoms with van der Waals surface area (Å²) in [4.78, 5) is 24.0. The van der Waals surface area contributed by atoms with Crippen molar-refractivity contribution in [1.82, 2.24) is 10.2 Å². The van der Waals surface area contributed by atoms with Gasteiger partial charge in [0.15, 0.2) is 0 Å². The maximum Gasteiger partial charge on any atom is 0.250 e. The second-order valence-electron chi connectivity index (χ2n) is 3.73. The molecule has 14 heavy (non-hydrogen) atoms. The third-order valence-electron chi connectivity index (χ3n) is 2.67. The molecule has 0 aromatic heterocycles. The van der Waals surface area contributed by atoms with E-state index in [2.05, 4.69) is 5.32 Å². The number of carbonyl (C=O) groups is 2. The first-order valence-electron chi connectivity index (χ1n) is 4.57. The molecule has 0 aromatic carbocycles. The van der Waals surface area contributed by atoms with Gasteiger partial charge in [-0.3, -0.25) is 9.59 Å². The highest BCUT2D eigenvalue weighted by molar-refractivity contribution is 5.92. The molecular weight excluding hydrogens is 184 g/mol. The minimum Gasteiger partial charge on any atom is -0.510 e. The SMILES string of the molecule is C[C@@H]1NC(=O)C[C@@H]1N1CC(O)=CC1=O. The summed E-state index contributed by atoms with van der Waals surface area (Å²) in [6.45, 7) is 2.08. The molecule has 5 nitrogen and oxygen atoms in total. The van der Waals surface area contributed by atoms with Crippen molar-refractivity contribution in [3.63, 3.8) is 0 Å². The van der Waals surface area contributed by atoms with Crippen LogP contribution >= 0.6 is 0 Å². The molecule has 5 heteroatoms. The van der Waals surface area contributed by atoms with Crippen LogP contribution in [0, 0.1) is 0 Å². The Kier molecular flexibility index (Phi) is 1.94. The average Bonchev–Trinajstić information content (AvgIpc) is 2.55. The number of hydrogen-bond acceptors (Lipinski definition) is 3. The van der Waals surface area contributed by atoms with Gasteiger partial charge in [0.2, 0.25) is 5.91 Å². The van der Waals surface area contributed by atoms with Crippen molar-refractivity contribution in [1.29, 1.82) is 0 Å². The lowest BCUT2D eigenvalue weighted by molar-refractivity contribution is -0.126. The van der Waals surface area contributed by atoms with E-state index >= 15 is 0 Å². The van der Waals surface area contributed by atoms with Crippen LogP contribution in [0.4, 0.5) is 0 Å². The molecule has 0 aliphatic carbocycles. The first kappa shape index (κ1) is 9.05. The number of aliphatic hydroxyl groups excluding tert-OH is 1. The largest absolute Gasteiger partial charge is 0.510 e. The summed E-state index contributed by atoms with van der Waals surface area (Å²) in [5, 5.41) is 11.9. The zero-order valence-corrected chi connectivity index (χ0v) is 7.86. The summed E-state index contributed by atoms with van der Waals surface area (Å²) in [7, 11) is 0. The number of carbonyl (C=O) groups excluding carboxylic acids is 2. The molecule has 0 spiro atoms. The molecule has 0 bridgehead atoms. The molecule has 0 radical (unpaired) electrons. The number of nitrogens with one attached hydrogen (secondary N) is 1. The Bertz CT molecular complexity index is 324. The molecule has 2 amide bonds. The predicted octanol–water partition coefficient (Wildman–Crippen LogP) is -0.452. The van der Waals surface area contributed by atoms with E-state index in [0.29, 0.717) is 6.42 Å². The maximum absolute atomic E-state index is 11.4. The van der Waals surface area contributed by atoms with Crippen LogP contribution in [-0.2, 0) is 9.59 Å². The van der Waals surface area contributed by atoms with Gasteiger partial charge in [-0.2, -0.15) is 0 Å². The maximum atomic E-state index is 11.4. The second-order valence-corrected chi connectivity index (χ2v) is 3.73. The van der Waals surface area contributed by atoms with Gasteiger partial charge in [-0.25, -0.2) is 0 Å². The van der Waals surface area contributed by atoms with Crippen LogP contribution in [0.1, 0.15) is 13.3 Å². The molecule has 2 N–H and O–H groups in total. The summed E-state index contributed by atoms with van der Waals surface area (Å²) in [5.74, 6) is -0.181. The van der Waals surface area contributed by atoms with Crippen LogP contribution < -0.4 is 5.32 Å². The van der Waals surface area contributed by atoms with Gasteiger partial charge in [-0.1, -0.05) is 0 Å². The van der Waals surface area contributed by atoms with E-state index in [1.165, 1.54) is 11.0 Å². The third-order valence-corrected chi connectivity index (χ3v) is 2.67. The normalized spacial score (nSPS) is 32.1. The highest BCUT2D eigenvalue weighted by atomic mass is 16.3. The predicted molar refractivity (Wildman–Crippen MR) is 48.4 cm³/mol. The molecule has 0 saturated carbocycles. The Morgan fingerprint density at radius 1 is 1.57 bits per heavy atom. The van der Waals surface area contributed by atoms with E-state index in [1.54, 1.807) is 0 Å². The Labute approximate surface area is 81.4 Å². The van der Waals surface area contributed by atoms with Crippen LogP contribution in [0.2, 0.25) is 0 Å². The zero-order chi connectivity index (χ0) is 10.3. The van der Waals surface area contributed by atoms with Crippen LogP contribution in [0.3, 0.4) is 0 Å². The number of nitrogens with zero attached hydrogens (tertiary/aromatic N) is 1. The quantitative estimate of drug-likeness (QED) is 0.596. The molecule has 1 fully saturated rings. The van der Waals surface area contributed by atoms with Crippen molar-refractivity contribution in [2.45, 2.75) is 25.4 Å². The number of aliphatic hydroxyl groups is 1. The monoisotopic (exact) mass is 196 g/mol. The van der Waals surface area contributed by atoms with Crippen molar-refractivity contribution >= 4 is 11.8 Å². The minimum absolute atomic E-state index is 0.0363. The average molecular weight is 196 g/mol. The fourth-order valence-electron chi connectivity index (χ4n) is 1.96. The highest BCUT2D eigenvalue weighted by Gasteiger charge is 2.38. The third kappa shape index (κ3) is 1.34. The Morgan fingerprint density at radius 2 is 2.29 bits per heavy atom. The topological polar surface area (TPSA) is 69.6 Å². The van der Waals surface area contributed by atoms with Crippen molar-refractivity contribution in [3.8, 4) is 0 Å². The first-order valence-corrected chi connectivity index (χ1v) is 4.57. The fourth-order valence-corrected chi connectivity index (χ4v) is 1.96. The lowest BCUT2D eigenvalue weighted by atomic mass is 10.1. The molecule has 2 heterocycles. The molecule has 0 unspecified atom stereocenters. The van der Waals surface area contributed by atoms with E-state index in [4.69, 9.17) is 0 Å². The molecule has 2 rings (SSSR count). The molecular formula is C9H12N2O3. The van der Waals surface area contributed by atoms with Gasteiger partial charge in [0.25, 0.3) is 5.91 Å². The summed E-state index contributed by atoms with van der Waals surface area (Å²) < 4.78 is 0. The van der Waals surface area contributed by atoms with Crippen LogP contribution in [0.25, 0.3) is 0 Å². The molecule has 76 valence electrons. The summed E-state index contributed by atoms with van der Waals surface area (Å²) in [5.41, 5.74) is 0. The summed E-state index contributed by atoms with van der Waals surface area (Å²) in [6, 6.07) is -0.165. The number of amides is 2. The van der Waals surface area contributed by atoms with E-state index in [-0.39, 0.29) is 36.2 Å². The highest BCUT2D eigenvalue weighted by Crippen LogP contribution is 2.20. The molecule has 2 atom stereocenters. The minimum atomic E-state index is -0.212. The lowest BCUT2D eigenvalue weighted by Gasteiger charge is -2.25. The van der Waals surface area contributed by atoms with Crippen molar-refractivity contribution in [2.75, 3.05) is 6.54 Å². The van der Waals surface area contributed by atoms with E-state index in [9.17, 15) is 14.7 Å². The zero-order valence-electron chi connectivity index (χ0n) is 7.86. The van der Waals surface area contributed by atoms with Crippen LogP contribution in [-0.4, -0.2) is 40.4 Å². The van der Waals surface area contributed by atoms with E-state index in [1.807, 2.05) is 6.92 Å². The molecule has 2 aliphatic rings. The van der Waals surface area contributed by atoms with Crippen molar-refractivity contribution < 1.29 is 14.7 Å². The molecule has 0 aromatic rings. The first-order chi connectivity index (χ1) is 6.58. The standard InChI is InChI=1S/C9H12N2O3/c1-5-7(3-8(13)10-5)11-4-6(12)2-9(11)14/h2,5,7,12H,3-4H2,1H3,(H,10,13)/t5-,7-/m0/s1. The van der Waals surface area contributed by atoms with Gasteiger partial charge in [0.05, 0.1) is 12.6 Å². The smallest absolute Gasteiger partial charge is 0.250 e. The lowest BCUT2D eigenvalue weighted by Crippen LogP contribution is -2.43. The van der Waals surface area contributed by atoms with Gasteiger partial charge in [-0.05, 0) is 6.92 Å². The van der Waals surface area contributed by atoms with Gasteiger partial charge < -0.3 is 15.3 Å². The second kappa shape index (κ2) is 3.01. The summed E-state index contributed by atoms with van der Waals surface area (Å²) in [6.07, 6.45) is 1.53. The number of rotatable bonds is 1. The fraction of sp³-hybridized carbons (Fsp3) is 0.556. The Morgan fingerprint density at radius 3 is 2.71 bits per heavy atom. The summed E-state index contributed by atoms with van der Waals surface area (Å²) >= 11 is 0. The van der Waals surface area contributed by atoms with Gasteiger partial charge in [0, 0.05) is 18.5 Å². The van der Waals surface area contributed by atoms with E-state index in [0.717, 1.165) is 0 Å². The molecule has 1 saturated heterocycles. The van der Waals surface area contributed by atoms with Gasteiger partial charge in [0.1, 0.15) is 5.76 Å². The number of hydrogen-bond donors (Lipinski definition) is 2. The van der Waals surface area contributed by atoms with E-state index < -0.39 is 0 Å². The molecule has 2 aliphatic heterocycles. The Balaban J connectivity index is 2.10. The van der Waals surface area contributed by atoms with Crippen LogP contribution in [0.5, 0.6) is 0 Å². The van der Waals surface area contributed by atoms with Crippen LogP contribution in [0.15, 0.2) is 11.8 Å².